The molecule has 0 bridgehead atoms. The number of furan rings is 1. The van der Waals surface area contributed by atoms with Crippen molar-refractivity contribution in [2.24, 2.45) is 0 Å². The van der Waals surface area contributed by atoms with Crippen LogP contribution >= 0.6 is 0 Å². The van der Waals surface area contributed by atoms with Crippen LogP contribution in [-0.2, 0) is 4.74 Å². The van der Waals surface area contributed by atoms with E-state index in [2.05, 4.69) is 33.0 Å². The lowest BCUT2D eigenvalue weighted by atomic mass is 9.96. The molecule has 0 radical (unpaired) electrons. The Hall–Kier alpha value is -0.800. The SMILES string of the molecule is CCCNC(CCC1CCCO1)c1c(C)oc(C)c1C. The Morgan fingerprint density at radius 3 is 2.60 bits per heavy atom. The molecule has 1 aliphatic heterocycles. The van der Waals surface area contributed by atoms with E-state index < -0.39 is 0 Å². The molecule has 20 heavy (non-hydrogen) atoms. The van der Waals surface area contributed by atoms with Crippen molar-refractivity contribution >= 4 is 0 Å². The second kappa shape index (κ2) is 7.28. The van der Waals surface area contributed by atoms with Gasteiger partial charge in [0.1, 0.15) is 11.5 Å². The summed E-state index contributed by atoms with van der Waals surface area (Å²) in [5.41, 5.74) is 2.68. The molecule has 3 heteroatoms. The number of hydrogen-bond acceptors (Lipinski definition) is 3. The molecule has 0 aromatic carbocycles. The van der Waals surface area contributed by atoms with Crippen LogP contribution in [0.15, 0.2) is 4.42 Å². The average molecular weight is 279 g/mol. The van der Waals surface area contributed by atoms with Gasteiger partial charge in [-0.25, -0.2) is 0 Å². The number of ether oxygens (including phenoxy) is 1. The van der Waals surface area contributed by atoms with Crippen LogP contribution in [0.1, 0.15) is 67.7 Å². The first-order valence-electron chi connectivity index (χ1n) is 8.05. The molecule has 1 aliphatic rings. The van der Waals surface area contributed by atoms with E-state index in [0.717, 1.165) is 43.9 Å². The lowest BCUT2D eigenvalue weighted by Gasteiger charge is -2.21. The van der Waals surface area contributed by atoms with Gasteiger partial charge in [0.05, 0.1) is 6.10 Å². The first-order chi connectivity index (χ1) is 9.63. The third kappa shape index (κ3) is 3.64. The third-order valence-electron chi connectivity index (χ3n) is 4.41. The van der Waals surface area contributed by atoms with Gasteiger partial charge in [0, 0.05) is 18.2 Å². The molecule has 1 fully saturated rings. The maximum Gasteiger partial charge on any atom is 0.106 e. The molecule has 3 nitrogen and oxygen atoms in total. The first-order valence-corrected chi connectivity index (χ1v) is 8.05. The van der Waals surface area contributed by atoms with Crippen molar-refractivity contribution in [3.05, 3.63) is 22.6 Å². The van der Waals surface area contributed by atoms with Crippen LogP contribution in [-0.4, -0.2) is 19.3 Å². The highest BCUT2D eigenvalue weighted by atomic mass is 16.5. The number of hydrogen-bond donors (Lipinski definition) is 1. The van der Waals surface area contributed by atoms with Crippen LogP contribution in [0.3, 0.4) is 0 Å². The minimum absolute atomic E-state index is 0.400. The molecule has 1 aromatic heterocycles. The fourth-order valence-electron chi connectivity index (χ4n) is 3.21. The van der Waals surface area contributed by atoms with Gasteiger partial charge in [-0.1, -0.05) is 6.92 Å². The van der Waals surface area contributed by atoms with Crippen LogP contribution in [0.4, 0.5) is 0 Å². The lowest BCUT2D eigenvalue weighted by Crippen LogP contribution is -2.24. The molecule has 0 amide bonds. The number of nitrogens with one attached hydrogen (secondary N) is 1. The molecule has 2 rings (SSSR count). The van der Waals surface area contributed by atoms with Crippen LogP contribution in [0, 0.1) is 20.8 Å². The standard InChI is InChI=1S/C17H29NO2/c1-5-10-18-16(9-8-15-7-6-11-19-15)17-12(2)13(3)20-14(17)4/h15-16,18H,5-11H2,1-4H3. The normalized spacial score (nSPS) is 20.5. The molecule has 1 aromatic rings. The van der Waals surface area contributed by atoms with Gasteiger partial charge in [-0.3, -0.25) is 0 Å². The molecule has 2 heterocycles. The van der Waals surface area contributed by atoms with Crippen LogP contribution in [0.5, 0.6) is 0 Å². The van der Waals surface area contributed by atoms with E-state index in [1.54, 1.807) is 0 Å². The van der Waals surface area contributed by atoms with Crippen LogP contribution in [0.2, 0.25) is 0 Å². The summed E-state index contributed by atoms with van der Waals surface area (Å²) >= 11 is 0. The summed E-state index contributed by atoms with van der Waals surface area (Å²) in [6, 6.07) is 0.400. The summed E-state index contributed by atoms with van der Waals surface area (Å²) in [5, 5.41) is 3.69. The summed E-state index contributed by atoms with van der Waals surface area (Å²) < 4.78 is 11.6. The zero-order chi connectivity index (χ0) is 14.5. The van der Waals surface area contributed by atoms with Crippen LogP contribution in [0.25, 0.3) is 0 Å². The first kappa shape index (κ1) is 15.6. The quantitative estimate of drug-likeness (QED) is 0.812. The summed E-state index contributed by atoms with van der Waals surface area (Å²) in [7, 11) is 0. The largest absolute Gasteiger partial charge is 0.466 e. The monoisotopic (exact) mass is 279 g/mol. The highest BCUT2D eigenvalue weighted by molar-refractivity contribution is 5.34. The minimum Gasteiger partial charge on any atom is -0.466 e. The van der Waals surface area contributed by atoms with Crippen molar-refractivity contribution in [2.75, 3.05) is 13.2 Å². The van der Waals surface area contributed by atoms with E-state index in [4.69, 9.17) is 9.15 Å². The maximum absolute atomic E-state index is 5.81. The molecule has 0 spiro atoms. The van der Waals surface area contributed by atoms with Gasteiger partial charge in [0.25, 0.3) is 0 Å². The lowest BCUT2D eigenvalue weighted by molar-refractivity contribution is 0.0995. The van der Waals surface area contributed by atoms with Gasteiger partial charge in [0.15, 0.2) is 0 Å². The van der Waals surface area contributed by atoms with Gasteiger partial charge in [0.2, 0.25) is 0 Å². The molecule has 0 aliphatic carbocycles. The molecule has 2 atom stereocenters. The van der Waals surface area contributed by atoms with E-state index in [0.29, 0.717) is 12.1 Å². The fourth-order valence-corrected chi connectivity index (χ4v) is 3.21. The summed E-state index contributed by atoms with van der Waals surface area (Å²) in [4.78, 5) is 0. The minimum atomic E-state index is 0.400. The van der Waals surface area contributed by atoms with Gasteiger partial charge in [-0.2, -0.15) is 0 Å². The highest BCUT2D eigenvalue weighted by Gasteiger charge is 2.23. The van der Waals surface area contributed by atoms with E-state index >= 15 is 0 Å². The predicted molar refractivity (Wildman–Crippen MR) is 82.2 cm³/mol. The molecule has 1 N–H and O–H groups in total. The zero-order valence-electron chi connectivity index (χ0n) is 13.4. The van der Waals surface area contributed by atoms with Crippen molar-refractivity contribution in [1.29, 1.82) is 0 Å². The van der Waals surface area contributed by atoms with Crippen molar-refractivity contribution in [3.63, 3.8) is 0 Å². The second-order valence-corrected chi connectivity index (χ2v) is 5.97. The zero-order valence-corrected chi connectivity index (χ0v) is 13.4. The van der Waals surface area contributed by atoms with Crippen molar-refractivity contribution < 1.29 is 9.15 Å². The summed E-state index contributed by atoms with van der Waals surface area (Å²) in [6.07, 6.45) is 6.35. The van der Waals surface area contributed by atoms with E-state index in [-0.39, 0.29) is 0 Å². The van der Waals surface area contributed by atoms with Crippen molar-refractivity contribution in [3.8, 4) is 0 Å². The Bertz CT molecular complexity index is 419. The van der Waals surface area contributed by atoms with Gasteiger partial charge in [-0.15, -0.1) is 0 Å². The Kier molecular flexibility index (Phi) is 5.67. The molecule has 0 saturated carbocycles. The highest BCUT2D eigenvalue weighted by Crippen LogP contribution is 2.31. The number of rotatable bonds is 7. The average Bonchev–Trinajstić information content (AvgIpc) is 3.01. The Labute approximate surface area is 123 Å². The van der Waals surface area contributed by atoms with Gasteiger partial charge in [-0.05, 0) is 65.0 Å². The molecule has 1 saturated heterocycles. The Morgan fingerprint density at radius 2 is 2.05 bits per heavy atom. The van der Waals surface area contributed by atoms with E-state index in [9.17, 15) is 0 Å². The fraction of sp³-hybridized carbons (Fsp3) is 0.765. The maximum atomic E-state index is 5.81. The second-order valence-electron chi connectivity index (χ2n) is 5.97. The van der Waals surface area contributed by atoms with E-state index in [1.165, 1.54) is 24.0 Å². The summed E-state index contributed by atoms with van der Waals surface area (Å²) in [6.45, 7) is 10.5. The van der Waals surface area contributed by atoms with Crippen molar-refractivity contribution in [1.82, 2.24) is 5.32 Å². The predicted octanol–water partition coefficient (Wildman–Crippen LogP) is 4.20. The molecule has 2 unspecified atom stereocenters. The molecule has 114 valence electrons. The smallest absolute Gasteiger partial charge is 0.106 e. The Balaban J connectivity index is 2.05. The van der Waals surface area contributed by atoms with Gasteiger partial charge < -0.3 is 14.5 Å². The molecular weight excluding hydrogens is 250 g/mol. The Morgan fingerprint density at radius 1 is 1.25 bits per heavy atom. The topological polar surface area (TPSA) is 34.4 Å². The van der Waals surface area contributed by atoms with Crippen LogP contribution < -0.4 is 5.32 Å². The third-order valence-corrected chi connectivity index (χ3v) is 4.41. The molecular formula is C17H29NO2. The number of aryl methyl sites for hydroxylation is 2. The van der Waals surface area contributed by atoms with Crippen molar-refractivity contribution in [2.45, 2.75) is 71.9 Å². The summed E-state index contributed by atoms with van der Waals surface area (Å²) in [5.74, 6) is 2.12. The van der Waals surface area contributed by atoms with Gasteiger partial charge >= 0.3 is 0 Å². The van der Waals surface area contributed by atoms with E-state index in [1.807, 2.05) is 0 Å².